The normalized spacial score (nSPS) is 11.6. The second kappa shape index (κ2) is 7.07. The first-order valence-corrected chi connectivity index (χ1v) is 7.72. The molecular weight excluding hydrogens is 319 g/mol. The van der Waals surface area contributed by atoms with Crippen LogP contribution in [0.5, 0.6) is 0 Å². The van der Waals surface area contributed by atoms with Crippen molar-refractivity contribution in [3.05, 3.63) is 29.8 Å². The minimum absolute atomic E-state index is 0.0202. The number of unbranched alkanes of at least 4 members (excludes halogenated alkanes) is 1. The Labute approximate surface area is 138 Å². The number of carbonyl (C=O) groups excluding carboxylic acids is 1. The summed E-state index contributed by atoms with van der Waals surface area (Å²) in [5, 5.41) is 3.41. The van der Waals surface area contributed by atoms with Gasteiger partial charge in [0.1, 0.15) is 5.82 Å². The number of hydrogen-bond donors (Lipinski definition) is 1. The summed E-state index contributed by atoms with van der Waals surface area (Å²) < 4.78 is 39.4. The minimum Gasteiger partial charge on any atom is -0.376 e. The van der Waals surface area contributed by atoms with Gasteiger partial charge in [-0.15, -0.1) is 0 Å². The van der Waals surface area contributed by atoms with Crippen LogP contribution in [0.4, 0.5) is 24.7 Å². The maximum absolute atomic E-state index is 13.1. The Hall–Kier alpha value is -2.31. The number of nitrogens with zero attached hydrogens (tertiary/aromatic N) is 2. The fourth-order valence-corrected chi connectivity index (χ4v) is 2.53. The zero-order valence-electron chi connectivity index (χ0n) is 13.9. The number of ketones is 1. The first kappa shape index (κ1) is 18.0. The highest BCUT2D eigenvalue weighted by Gasteiger charge is 2.43. The van der Waals surface area contributed by atoms with E-state index in [1.54, 1.807) is 38.4 Å². The molecule has 0 fully saturated rings. The molecule has 0 bridgehead atoms. The molecule has 1 N–H and O–H groups in total. The molecule has 2 aromatic rings. The van der Waals surface area contributed by atoms with E-state index in [1.165, 1.54) is 4.90 Å². The first-order chi connectivity index (χ1) is 11.3. The Bertz CT molecular complexity index is 742. The van der Waals surface area contributed by atoms with Crippen molar-refractivity contribution in [3.8, 4) is 0 Å². The summed E-state index contributed by atoms with van der Waals surface area (Å²) in [6, 6.07) is 6.86. The number of anilines is 2. The number of rotatable bonds is 6. The molecule has 4 nitrogen and oxygen atoms in total. The maximum atomic E-state index is 13.1. The molecule has 0 saturated heterocycles. The van der Waals surface area contributed by atoms with E-state index < -0.39 is 17.5 Å². The van der Waals surface area contributed by atoms with Gasteiger partial charge in [0.05, 0.1) is 16.8 Å². The molecule has 0 saturated carbocycles. The number of carbonyl (C=O) groups is 1. The fourth-order valence-electron chi connectivity index (χ4n) is 2.53. The summed E-state index contributed by atoms with van der Waals surface area (Å²) in [4.78, 5) is 17.8. The summed E-state index contributed by atoms with van der Waals surface area (Å²) in [7, 11) is 3.23. The smallest absolute Gasteiger partial charge is 0.376 e. The van der Waals surface area contributed by atoms with Gasteiger partial charge < -0.3 is 10.2 Å². The molecule has 1 aromatic carbocycles. The van der Waals surface area contributed by atoms with Crippen molar-refractivity contribution in [1.82, 2.24) is 4.98 Å². The van der Waals surface area contributed by atoms with Crippen molar-refractivity contribution in [2.45, 2.75) is 25.9 Å². The van der Waals surface area contributed by atoms with Gasteiger partial charge in [0.25, 0.3) is 5.78 Å². The molecule has 0 unspecified atom stereocenters. The summed E-state index contributed by atoms with van der Waals surface area (Å²) in [6.45, 7) is 2.43. The third-order valence-electron chi connectivity index (χ3n) is 3.62. The Kier molecular flexibility index (Phi) is 5.31. The van der Waals surface area contributed by atoms with Gasteiger partial charge in [0, 0.05) is 26.0 Å². The molecule has 1 heterocycles. The lowest BCUT2D eigenvalue weighted by Gasteiger charge is -2.22. The number of fused-ring (bicyclic) bond motifs is 1. The fraction of sp³-hybridized carbons (Fsp3) is 0.412. The highest BCUT2D eigenvalue weighted by atomic mass is 19.4. The predicted molar refractivity (Wildman–Crippen MR) is 89.9 cm³/mol. The van der Waals surface area contributed by atoms with E-state index >= 15 is 0 Å². The van der Waals surface area contributed by atoms with Crippen LogP contribution >= 0.6 is 0 Å². The molecular formula is C17H20F3N3O. The Morgan fingerprint density at radius 3 is 2.50 bits per heavy atom. The van der Waals surface area contributed by atoms with Gasteiger partial charge in [-0.3, -0.25) is 4.79 Å². The first-order valence-electron chi connectivity index (χ1n) is 7.72. The van der Waals surface area contributed by atoms with Gasteiger partial charge in [0.15, 0.2) is 0 Å². The monoisotopic (exact) mass is 339 g/mol. The lowest BCUT2D eigenvalue weighted by atomic mass is 10.0. The van der Waals surface area contributed by atoms with E-state index in [2.05, 4.69) is 10.3 Å². The molecule has 0 aliphatic heterocycles. The van der Waals surface area contributed by atoms with Crippen molar-refractivity contribution < 1.29 is 18.0 Å². The zero-order chi connectivity index (χ0) is 17.9. The molecule has 0 aliphatic carbocycles. The van der Waals surface area contributed by atoms with Crippen LogP contribution in [0.2, 0.25) is 0 Å². The quantitative estimate of drug-likeness (QED) is 0.631. The van der Waals surface area contributed by atoms with E-state index in [4.69, 9.17) is 0 Å². The second-order valence-electron chi connectivity index (χ2n) is 5.70. The van der Waals surface area contributed by atoms with Gasteiger partial charge in [-0.25, -0.2) is 4.98 Å². The van der Waals surface area contributed by atoms with Crippen LogP contribution in [0.3, 0.4) is 0 Å². The molecule has 0 radical (unpaired) electrons. The number of nitrogens with one attached hydrogen (secondary N) is 1. The number of halogens is 3. The van der Waals surface area contributed by atoms with Crippen molar-refractivity contribution in [2.24, 2.45) is 0 Å². The molecule has 0 aliphatic rings. The Balaban J connectivity index is 2.74. The van der Waals surface area contributed by atoms with Crippen LogP contribution in [0.1, 0.15) is 30.1 Å². The summed E-state index contributed by atoms with van der Waals surface area (Å²) in [5.74, 6) is -1.91. The van der Waals surface area contributed by atoms with Crippen LogP contribution in [0.15, 0.2) is 24.3 Å². The van der Waals surface area contributed by atoms with Crippen molar-refractivity contribution in [3.63, 3.8) is 0 Å². The number of benzene rings is 1. The molecule has 2 rings (SSSR count). The SMILES string of the molecule is CCCCNc1nc2ccccc2c(N(C)C)c1C(=O)C(F)(F)F. The molecule has 0 spiro atoms. The summed E-state index contributed by atoms with van der Waals surface area (Å²) in [6.07, 6.45) is -3.31. The number of Topliss-reactive ketones (excluding diaryl/α,β-unsaturated/α-hetero) is 1. The highest BCUT2D eigenvalue weighted by molar-refractivity contribution is 6.14. The lowest BCUT2D eigenvalue weighted by Crippen LogP contribution is -2.27. The van der Waals surface area contributed by atoms with E-state index in [0.717, 1.165) is 12.8 Å². The largest absolute Gasteiger partial charge is 0.455 e. The Morgan fingerprint density at radius 2 is 1.92 bits per heavy atom. The summed E-state index contributed by atoms with van der Waals surface area (Å²) in [5.41, 5.74) is 0.336. The van der Waals surface area contributed by atoms with E-state index in [0.29, 0.717) is 17.4 Å². The lowest BCUT2D eigenvalue weighted by molar-refractivity contribution is -0.0884. The average Bonchev–Trinajstić information content (AvgIpc) is 2.52. The molecule has 0 atom stereocenters. The van der Waals surface area contributed by atoms with Gasteiger partial charge in [-0.1, -0.05) is 31.5 Å². The van der Waals surface area contributed by atoms with Crippen molar-refractivity contribution >= 4 is 28.2 Å². The number of para-hydroxylation sites is 1. The van der Waals surface area contributed by atoms with Gasteiger partial charge in [-0.05, 0) is 12.5 Å². The number of aromatic nitrogens is 1. The molecule has 0 amide bonds. The van der Waals surface area contributed by atoms with Crippen LogP contribution in [-0.2, 0) is 0 Å². The third-order valence-corrected chi connectivity index (χ3v) is 3.62. The van der Waals surface area contributed by atoms with E-state index in [9.17, 15) is 18.0 Å². The second-order valence-corrected chi connectivity index (χ2v) is 5.70. The third kappa shape index (κ3) is 3.60. The molecule has 1 aromatic heterocycles. The molecule has 7 heteroatoms. The van der Waals surface area contributed by atoms with Gasteiger partial charge >= 0.3 is 6.18 Å². The molecule has 130 valence electrons. The summed E-state index contributed by atoms with van der Waals surface area (Å²) >= 11 is 0. The number of alkyl halides is 3. The zero-order valence-corrected chi connectivity index (χ0v) is 13.9. The maximum Gasteiger partial charge on any atom is 0.455 e. The van der Waals surface area contributed by atoms with Crippen LogP contribution in [-0.4, -0.2) is 37.6 Å². The van der Waals surface area contributed by atoms with Gasteiger partial charge in [-0.2, -0.15) is 13.2 Å². The minimum atomic E-state index is -4.96. The van der Waals surface area contributed by atoms with Crippen LogP contribution in [0.25, 0.3) is 10.9 Å². The molecule has 24 heavy (non-hydrogen) atoms. The average molecular weight is 339 g/mol. The number of pyridine rings is 1. The van der Waals surface area contributed by atoms with Crippen molar-refractivity contribution in [2.75, 3.05) is 30.9 Å². The van der Waals surface area contributed by atoms with E-state index in [1.807, 2.05) is 6.92 Å². The van der Waals surface area contributed by atoms with Crippen molar-refractivity contribution in [1.29, 1.82) is 0 Å². The van der Waals surface area contributed by atoms with Crippen LogP contribution in [0, 0.1) is 0 Å². The Morgan fingerprint density at radius 1 is 1.25 bits per heavy atom. The predicted octanol–water partition coefficient (Wildman–Crippen LogP) is 4.26. The topological polar surface area (TPSA) is 45.2 Å². The van der Waals surface area contributed by atoms with Crippen LogP contribution < -0.4 is 10.2 Å². The highest BCUT2D eigenvalue weighted by Crippen LogP contribution is 2.37. The van der Waals surface area contributed by atoms with Gasteiger partial charge in [0.2, 0.25) is 0 Å². The van der Waals surface area contributed by atoms with E-state index in [-0.39, 0.29) is 11.5 Å². The standard InChI is InChI=1S/C17H20F3N3O/c1-4-5-10-21-16-13(15(24)17(18,19)20)14(23(2)3)11-8-6-7-9-12(11)22-16/h6-9H,4-5,10H2,1-3H3,(H,21,22). The number of hydrogen-bond acceptors (Lipinski definition) is 4.